The van der Waals surface area contributed by atoms with Crippen LogP contribution in [0.2, 0.25) is 0 Å². The van der Waals surface area contributed by atoms with E-state index < -0.39 is 5.60 Å². The van der Waals surface area contributed by atoms with Crippen LogP contribution < -0.4 is 10.6 Å². The molecular weight excluding hydrogens is 268 g/mol. The lowest BCUT2D eigenvalue weighted by Gasteiger charge is -2.27. The molecule has 0 aliphatic carbocycles. The van der Waals surface area contributed by atoms with Crippen molar-refractivity contribution in [1.29, 1.82) is 0 Å². The van der Waals surface area contributed by atoms with Gasteiger partial charge in [0.15, 0.2) is 5.84 Å². The highest BCUT2D eigenvalue weighted by molar-refractivity contribution is 6.08. The summed E-state index contributed by atoms with van der Waals surface area (Å²) in [6.45, 7) is 3.87. The molecule has 1 heterocycles. The lowest BCUT2D eigenvalue weighted by Crippen LogP contribution is -2.36. The number of hydrogen-bond acceptors (Lipinski definition) is 5. The highest BCUT2D eigenvalue weighted by Gasteiger charge is 2.18. The maximum Gasteiger partial charge on any atom is 0.170 e. The SMILES string of the molecule is CN(CC(C)(C)O)c1cc(C(N)=NO)c2ccccc2n1. The Morgan fingerprint density at radius 2 is 2.05 bits per heavy atom. The summed E-state index contributed by atoms with van der Waals surface area (Å²) in [6.07, 6.45) is 0. The average Bonchev–Trinajstić information content (AvgIpc) is 2.43. The molecule has 0 spiro atoms. The molecule has 0 fully saturated rings. The van der Waals surface area contributed by atoms with E-state index in [4.69, 9.17) is 10.9 Å². The number of anilines is 1. The van der Waals surface area contributed by atoms with E-state index in [1.54, 1.807) is 19.9 Å². The van der Waals surface area contributed by atoms with E-state index in [0.29, 0.717) is 17.9 Å². The van der Waals surface area contributed by atoms with E-state index in [-0.39, 0.29) is 5.84 Å². The van der Waals surface area contributed by atoms with Crippen LogP contribution in [0.4, 0.5) is 5.82 Å². The molecule has 0 atom stereocenters. The first-order valence-electron chi connectivity index (χ1n) is 6.63. The van der Waals surface area contributed by atoms with Gasteiger partial charge in [0, 0.05) is 24.5 Å². The van der Waals surface area contributed by atoms with E-state index in [1.807, 2.05) is 36.2 Å². The number of benzene rings is 1. The molecule has 0 bridgehead atoms. The van der Waals surface area contributed by atoms with Crippen LogP contribution in [0, 0.1) is 0 Å². The van der Waals surface area contributed by atoms with Crippen molar-refractivity contribution in [3.05, 3.63) is 35.9 Å². The first-order chi connectivity index (χ1) is 9.81. The first kappa shape index (κ1) is 15.1. The lowest BCUT2D eigenvalue weighted by atomic mass is 10.1. The normalized spacial score (nSPS) is 12.7. The third kappa shape index (κ3) is 3.41. The second-order valence-corrected chi connectivity index (χ2v) is 5.70. The number of pyridine rings is 1. The van der Waals surface area contributed by atoms with Crippen LogP contribution in [0.15, 0.2) is 35.5 Å². The van der Waals surface area contributed by atoms with Gasteiger partial charge in [0.2, 0.25) is 0 Å². The van der Waals surface area contributed by atoms with E-state index in [9.17, 15) is 5.11 Å². The maximum absolute atomic E-state index is 9.93. The fourth-order valence-electron chi connectivity index (χ4n) is 2.28. The number of oxime groups is 1. The first-order valence-corrected chi connectivity index (χ1v) is 6.63. The lowest BCUT2D eigenvalue weighted by molar-refractivity contribution is 0.0884. The molecule has 21 heavy (non-hydrogen) atoms. The van der Waals surface area contributed by atoms with Crippen molar-refractivity contribution >= 4 is 22.6 Å². The summed E-state index contributed by atoms with van der Waals surface area (Å²) in [5, 5.41) is 22.8. The fourth-order valence-corrected chi connectivity index (χ4v) is 2.28. The van der Waals surface area contributed by atoms with Crippen LogP contribution in [0.5, 0.6) is 0 Å². The number of amidine groups is 1. The standard InChI is InChI=1S/C15H20N4O2/c1-15(2,20)9-19(3)13-8-11(14(16)18-21)10-6-4-5-7-12(10)17-13/h4-8,20-21H,9H2,1-3H3,(H2,16,18). The Morgan fingerprint density at radius 1 is 1.38 bits per heavy atom. The molecule has 6 nitrogen and oxygen atoms in total. The monoisotopic (exact) mass is 288 g/mol. The average molecular weight is 288 g/mol. The zero-order chi connectivity index (χ0) is 15.6. The van der Waals surface area contributed by atoms with Crippen molar-refractivity contribution < 1.29 is 10.3 Å². The van der Waals surface area contributed by atoms with E-state index in [2.05, 4.69) is 10.1 Å². The minimum atomic E-state index is -0.848. The molecule has 1 aromatic carbocycles. The third-order valence-electron chi connectivity index (χ3n) is 3.10. The van der Waals surface area contributed by atoms with Gasteiger partial charge in [0.25, 0.3) is 0 Å². The molecule has 6 heteroatoms. The van der Waals surface area contributed by atoms with Crippen molar-refractivity contribution in [3.63, 3.8) is 0 Å². The molecule has 0 amide bonds. The fraction of sp³-hybridized carbons (Fsp3) is 0.333. The maximum atomic E-state index is 9.93. The van der Waals surface area contributed by atoms with Crippen LogP contribution in [-0.2, 0) is 0 Å². The molecule has 0 radical (unpaired) electrons. The Bertz CT molecular complexity index is 677. The molecule has 112 valence electrons. The number of aliphatic hydroxyl groups is 1. The predicted molar refractivity (Wildman–Crippen MR) is 83.8 cm³/mol. The van der Waals surface area contributed by atoms with Crippen LogP contribution in [-0.4, -0.2) is 40.3 Å². The number of fused-ring (bicyclic) bond motifs is 1. The van der Waals surface area contributed by atoms with Crippen molar-refractivity contribution in [2.45, 2.75) is 19.4 Å². The molecule has 4 N–H and O–H groups in total. The second kappa shape index (κ2) is 5.57. The Hall–Kier alpha value is -2.34. The summed E-state index contributed by atoms with van der Waals surface area (Å²) in [4.78, 5) is 6.39. The van der Waals surface area contributed by atoms with Crippen molar-refractivity contribution in [2.24, 2.45) is 10.9 Å². The zero-order valence-corrected chi connectivity index (χ0v) is 12.4. The molecule has 0 saturated carbocycles. The summed E-state index contributed by atoms with van der Waals surface area (Å²) in [6, 6.07) is 9.24. The van der Waals surface area contributed by atoms with Gasteiger partial charge in [0.05, 0.1) is 11.1 Å². The Balaban J connectivity index is 2.56. The van der Waals surface area contributed by atoms with Gasteiger partial charge in [0.1, 0.15) is 5.82 Å². The van der Waals surface area contributed by atoms with Crippen molar-refractivity contribution in [1.82, 2.24) is 4.98 Å². The van der Waals surface area contributed by atoms with Gasteiger partial charge >= 0.3 is 0 Å². The quantitative estimate of drug-likeness (QED) is 0.343. The van der Waals surface area contributed by atoms with E-state index in [1.165, 1.54) is 0 Å². The van der Waals surface area contributed by atoms with Gasteiger partial charge in [-0.25, -0.2) is 4.98 Å². The molecule has 1 aromatic heterocycles. The minimum absolute atomic E-state index is 0.0338. The molecule has 2 aromatic rings. The summed E-state index contributed by atoms with van der Waals surface area (Å²) in [5.74, 6) is 0.684. The molecule has 0 aliphatic rings. The van der Waals surface area contributed by atoms with Crippen LogP contribution in [0.3, 0.4) is 0 Å². The summed E-state index contributed by atoms with van der Waals surface area (Å²) in [7, 11) is 1.84. The van der Waals surface area contributed by atoms with E-state index >= 15 is 0 Å². The van der Waals surface area contributed by atoms with E-state index in [0.717, 1.165) is 10.9 Å². The summed E-state index contributed by atoms with van der Waals surface area (Å²) in [5.41, 5.74) is 6.27. The highest BCUT2D eigenvalue weighted by atomic mass is 16.4. The second-order valence-electron chi connectivity index (χ2n) is 5.70. The number of likely N-dealkylation sites (N-methyl/N-ethyl adjacent to an activating group) is 1. The molecule has 0 saturated heterocycles. The zero-order valence-electron chi connectivity index (χ0n) is 12.4. The molecular formula is C15H20N4O2. The van der Waals surface area contributed by atoms with Gasteiger partial charge in [-0.1, -0.05) is 23.4 Å². The number of nitrogens with zero attached hydrogens (tertiary/aromatic N) is 3. The van der Waals surface area contributed by atoms with Crippen LogP contribution >= 0.6 is 0 Å². The van der Waals surface area contributed by atoms with Gasteiger partial charge in [-0.15, -0.1) is 0 Å². The van der Waals surface area contributed by atoms with Gasteiger partial charge < -0.3 is 20.9 Å². The Morgan fingerprint density at radius 3 is 2.67 bits per heavy atom. The Kier molecular flexibility index (Phi) is 3.99. The van der Waals surface area contributed by atoms with Gasteiger partial charge in [-0.05, 0) is 26.0 Å². The van der Waals surface area contributed by atoms with Gasteiger partial charge in [-0.3, -0.25) is 0 Å². The van der Waals surface area contributed by atoms with Crippen molar-refractivity contribution in [3.8, 4) is 0 Å². The number of hydrogen-bond donors (Lipinski definition) is 3. The number of rotatable bonds is 4. The van der Waals surface area contributed by atoms with Gasteiger partial charge in [-0.2, -0.15) is 0 Å². The van der Waals surface area contributed by atoms with Crippen molar-refractivity contribution in [2.75, 3.05) is 18.5 Å². The number of aromatic nitrogens is 1. The number of nitrogens with two attached hydrogens (primary N) is 1. The predicted octanol–water partition coefficient (Wildman–Crippen LogP) is 1.54. The van der Waals surface area contributed by atoms with Crippen LogP contribution in [0.1, 0.15) is 19.4 Å². The largest absolute Gasteiger partial charge is 0.409 e. The van der Waals surface area contributed by atoms with Crippen LogP contribution in [0.25, 0.3) is 10.9 Å². The third-order valence-corrected chi connectivity index (χ3v) is 3.10. The highest BCUT2D eigenvalue weighted by Crippen LogP contribution is 2.23. The minimum Gasteiger partial charge on any atom is -0.409 e. The topological polar surface area (TPSA) is 95.0 Å². The molecule has 0 unspecified atom stereocenters. The molecule has 2 rings (SSSR count). The number of para-hydroxylation sites is 1. The smallest absolute Gasteiger partial charge is 0.170 e. The summed E-state index contributed by atoms with van der Waals surface area (Å²) < 4.78 is 0. The summed E-state index contributed by atoms with van der Waals surface area (Å²) >= 11 is 0. The molecule has 0 aliphatic heterocycles. The Labute approximate surface area is 123 Å².